The molecule has 0 unspecified atom stereocenters. The summed E-state index contributed by atoms with van der Waals surface area (Å²) >= 11 is 7.65. The predicted molar refractivity (Wildman–Crippen MR) is 77.6 cm³/mol. The van der Waals surface area contributed by atoms with Gasteiger partial charge in [0.15, 0.2) is 0 Å². The van der Waals surface area contributed by atoms with Gasteiger partial charge >= 0.3 is 26.2 Å². The van der Waals surface area contributed by atoms with E-state index in [2.05, 4.69) is 54.4 Å². The SMILES string of the molecule is NC(=S)S.[BiH3].c1ccc2c(c1)CCNC2. The summed E-state index contributed by atoms with van der Waals surface area (Å²) in [6, 6.07) is 8.63. The van der Waals surface area contributed by atoms with Crippen molar-refractivity contribution < 1.29 is 0 Å². The van der Waals surface area contributed by atoms with Gasteiger partial charge in [-0.05, 0) is 24.1 Å². The van der Waals surface area contributed by atoms with Crippen LogP contribution in [0.3, 0.4) is 0 Å². The molecule has 0 aromatic heterocycles. The first-order valence-corrected chi connectivity index (χ1v) is 5.31. The smallest absolute Gasteiger partial charge is 0.0208 e. The van der Waals surface area contributed by atoms with E-state index in [0.717, 1.165) is 13.1 Å². The molecule has 0 fully saturated rings. The second-order valence-corrected chi connectivity index (χ2v) is 4.26. The molecule has 0 saturated heterocycles. The van der Waals surface area contributed by atoms with Crippen LogP contribution in [0, 0.1) is 0 Å². The van der Waals surface area contributed by atoms with Crippen LogP contribution in [0.2, 0.25) is 0 Å². The molecule has 1 aromatic rings. The summed E-state index contributed by atoms with van der Waals surface area (Å²) in [5.41, 5.74) is 7.69. The molecule has 1 aliphatic heterocycles. The Labute approximate surface area is 121 Å². The van der Waals surface area contributed by atoms with Gasteiger partial charge in [0.1, 0.15) is 4.32 Å². The molecule has 0 saturated carbocycles. The number of hydrogen-bond donors (Lipinski definition) is 3. The quantitative estimate of drug-likeness (QED) is 0.310. The summed E-state index contributed by atoms with van der Waals surface area (Å²) in [4.78, 5) is 0. The van der Waals surface area contributed by atoms with E-state index in [1.54, 1.807) is 0 Å². The molecule has 2 rings (SSSR count). The van der Waals surface area contributed by atoms with Crippen molar-refractivity contribution in [1.29, 1.82) is 0 Å². The maximum absolute atomic E-state index is 4.71. The zero-order chi connectivity index (χ0) is 10.4. The van der Waals surface area contributed by atoms with Gasteiger partial charge in [-0.1, -0.05) is 36.5 Å². The second kappa shape index (κ2) is 8.45. The van der Waals surface area contributed by atoms with Gasteiger partial charge in [-0.3, -0.25) is 0 Å². The first-order chi connectivity index (χ1) is 6.70. The van der Waals surface area contributed by atoms with Crippen LogP contribution in [0.5, 0.6) is 0 Å². The number of nitrogens with one attached hydrogen (secondary N) is 1. The van der Waals surface area contributed by atoms with Gasteiger partial charge in [0.2, 0.25) is 0 Å². The van der Waals surface area contributed by atoms with Crippen LogP contribution < -0.4 is 11.1 Å². The Kier molecular flexibility index (Phi) is 8.63. The molecule has 5 heteroatoms. The van der Waals surface area contributed by atoms with E-state index in [1.807, 2.05) is 0 Å². The van der Waals surface area contributed by atoms with E-state index in [-0.39, 0.29) is 30.5 Å². The minimum absolute atomic E-state index is 0. The fourth-order valence-corrected chi connectivity index (χ4v) is 1.42. The van der Waals surface area contributed by atoms with Crippen molar-refractivity contribution in [2.45, 2.75) is 13.0 Å². The minimum Gasteiger partial charge on any atom is -0.312 e. The number of hydrogen-bond acceptors (Lipinski definition) is 2. The Hall–Kier alpha value is 0.303. The third kappa shape index (κ3) is 6.46. The molecule has 84 valence electrons. The molecule has 1 aliphatic rings. The fraction of sp³-hybridized carbons (Fsp3) is 0.300. The minimum atomic E-state index is 0. The number of thiol groups is 1. The largest absolute Gasteiger partial charge is 0.312 e. The first kappa shape index (κ1) is 15.3. The number of thiocarbonyl (C=S) groups is 1. The van der Waals surface area contributed by atoms with Crippen LogP contribution in [0.1, 0.15) is 11.1 Å². The second-order valence-electron chi connectivity index (χ2n) is 3.03. The van der Waals surface area contributed by atoms with Crippen LogP contribution in [0.4, 0.5) is 0 Å². The van der Waals surface area contributed by atoms with Gasteiger partial charge < -0.3 is 11.1 Å². The van der Waals surface area contributed by atoms with Crippen molar-refractivity contribution >= 4 is 55.4 Å². The summed E-state index contributed by atoms with van der Waals surface area (Å²) in [7, 11) is 0. The Morgan fingerprint density at radius 1 is 1.33 bits per heavy atom. The van der Waals surface area contributed by atoms with E-state index in [9.17, 15) is 0 Å². The van der Waals surface area contributed by atoms with Crippen LogP contribution in [-0.4, -0.2) is 37.1 Å². The molecular formula is C10H17BiN2S2. The number of nitrogens with two attached hydrogens (primary N) is 1. The Morgan fingerprint density at radius 2 is 1.87 bits per heavy atom. The molecule has 3 N–H and O–H groups in total. The molecule has 2 nitrogen and oxygen atoms in total. The molecule has 1 aromatic carbocycles. The zero-order valence-corrected chi connectivity index (χ0v) is 15.8. The number of benzene rings is 1. The molecule has 0 spiro atoms. The van der Waals surface area contributed by atoms with Crippen molar-refractivity contribution in [3.8, 4) is 0 Å². The average molecular weight is 438 g/mol. The molecule has 15 heavy (non-hydrogen) atoms. The van der Waals surface area contributed by atoms with Gasteiger partial charge in [-0.2, -0.15) is 0 Å². The first-order valence-electron chi connectivity index (χ1n) is 4.46. The van der Waals surface area contributed by atoms with Crippen LogP contribution in [0.15, 0.2) is 24.3 Å². The number of rotatable bonds is 0. The summed E-state index contributed by atoms with van der Waals surface area (Å²) in [6.07, 6.45) is 1.19. The van der Waals surface area contributed by atoms with Gasteiger partial charge in [0.05, 0.1) is 0 Å². The Bertz CT molecular complexity index is 289. The molecule has 0 amide bonds. The number of fused-ring (bicyclic) bond motifs is 1. The molecule has 0 atom stereocenters. The molecule has 0 bridgehead atoms. The van der Waals surface area contributed by atoms with E-state index in [1.165, 1.54) is 17.5 Å². The van der Waals surface area contributed by atoms with Crippen molar-refractivity contribution in [2.75, 3.05) is 6.54 Å². The van der Waals surface area contributed by atoms with Gasteiger partial charge in [0, 0.05) is 6.54 Å². The monoisotopic (exact) mass is 438 g/mol. The van der Waals surface area contributed by atoms with Gasteiger partial charge in [0.25, 0.3) is 0 Å². The van der Waals surface area contributed by atoms with Crippen LogP contribution in [0.25, 0.3) is 0 Å². The summed E-state index contributed by atoms with van der Waals surface area (Å²) in [5, 5.41) is 3.34. The van der Waals surface area contributed by atoms with Crippen LogP contribution in [-0.2, 0) is 13.0 Å². The summed E-state index contributed by atoms with van der Waals surface area (Å²) < 4.78 is 0.194. The standard InChI is InChI=1S/C9H11N.CH3NS2.Bi.3H/c1-2-4-9-7-10-6-5-8(9)3-1;2-1(3)4;;;;/h1-4,10H,5-7H2;(H3,2,3,4);;;;. The normalized spacial score (nSPS) is 12.6. The average Bonchev–Trinajstić information content (AvgIpc) is 2.17. The van der Waals surface area contributed by atoms with Crippen molar-refractivity contribution in [3.05, 3.63) is 35.4 Å². The van der Waals surface area contributed by atoms with Crippen LogP contribution >= 0.6 is 24.8 Å². The Morgan fingerprint density at radius 3 is 2.40 bits per heavy atom. The van der Waals surface area contributed by atoms with Crippen molar-refractivity contribution in [3.63, 3.8) is 0 Å². The molecule has 0 radical (unpaired) electrons. The Balaban J connectivity index is 0.000000346. The molecule has 0 aliphatic carbocycles. The van der Waals surface area contributed by atoms with Crippen molar-refractivity contribution in [2.24, 2.45) is 5.73 Å². The van der Waals surface area contributed by atoms with E-state index < -0.39 is 0 Å². The topological polar surface area (TPSA) is 38.0 Å². The van der Waals surface area contributed by atoms with Gasteiger partial charge in [-0.25, -0.2) is 0 Å². The predicted octanol–water partition coefficient (Wildman–Crippen LogP) is 0.308. The molecule has 1 heterocycles. The molecular weight excluding hydrogens is 421 g/mol. The van der Waals surface area contributed by atoms with E-state index in [4.69, 9.17) is 5.73 Å². The summed E-state index contributed by atoms with van der Waals surface area (Å²) in [6.45, 7) is 2.19. The van der Waals surface area contributed by atoms with Gasteiger partial charge in [-0.15, -0.1) is 12.6 Å². The maximum atomic E-state index is 4.71. The van der Waals surface area contributed by atoms with E-state index in [0.29, 0.717) is 0 Å². The summed E-state index contributed by atoms with van der Waals surface area (Å²) in [5.74, 6) is 0. The maximum Gasteiger partial charge on any atom is 0.0208 e. The fourth-order valence-electron chi connectivity index (χ4n) is 1.42. The third-order valence-electron chi connectivity index (χ3n) is 2.00. The zero-order valence-electron chi connectivity index (χ0n) is 8.57. The van der Waals surface area contributed by atoms with Crippen molar-refractivity contribution in [1.82, 2.24) is 5.32 Å². The van der Waals surface area contributed by atoms with E-state index >= 15 is 0 Å². The third-order valence-corrected chi connectivity index (χ3v) is 2.00.